The number of ether oxygens (including phenoxy) is 1. The first-order valence-corrected chi connectivity index (χ1v) is 9.86. The van der Waals surface area contributed by atoms with E-state index in [1.54, 1.807) is 12.0 Å². The minimum Gasteiger partial charge on any atom is -0.496 e. The smallest absolute Gasteiger partial charge is 0.253 e. The van der Waals surface area contributed by atoms with Crippen LogP contribution in [0.3, 0.4) is 0 Å². The molecule has 0 aromatic heterocycles. The second-order valence-corrected chi connectivity index (χ2v) is 7.81. The summed E-state index contributed by atoms with van der Waals surface area (Å²) >= 11 is 0. The monoisotopic (exact) mass is 398 g/mol. The van der Waals surface area contributed by atoms with Gasteiger partial charge in [-0.3, -0.25) is 9.59 Å². The van der Waals surface area contributed by atoms with Crippen molar-refractivity contribution in [3.8, 4) is 5.75 Å². The Morgan fingerprint density at radius 3 is 2.48 bits per heavy atom. The predicted octanol–water partition coefficient (Wildman–Crippen LogP) is 3.46. The highest BCUT2D eigenvalue weighted by Gasteiger charge is 2.41. The standard InChI is InChI=1S/C23H27FN2O3/c1-15(2)12-25-22(27)20-14-26(23(28)16-8-10-17(24)11-9-16)13-19(20)18-6-4-5-7-21(18)29-3/h4-11,15,19-20H,12-14H2,1-3H3,(H,25,27). The van der Waals surface area contributed by atoms with Gasteiger partial charge in [0.05, 0.1) is 13.0 Å². The number of nitrogens with one attached hydrogen (secondary N) is 1. The Bertz CT molecular complexity index is 867. The molecular weight excluding hydrogens is 371 g/mol. The minimum atomic E-state index is -0.388. The summed E-state index contributed by atoms with van der Waals surface area (Å²) < 4.78 is 18.7. The first-order chi connectivity index (χ1) is 13.9. The van der Waals surface area contributed by atoms with Crippen molar-refractivity contribution in [3.63, 3.8) is 0 Å². The van der Waals surface area contributed by atoms with Gasteiger partial charge in [-0.25, -0.2) is 4.39 Å². The second-order valence-electron chi connectivity index (χ2n) is 7.81. The molecule has 0 saturated carbocycles. The number of hydrogen-bond donors (Lipinski definition) is 1. The molecule has 0 bridgehead atoms. The van der Waals surface area contributed by atoms with Gasteiger partial charge in [-0.2, -0.15) is 0 Å². The molecule has 1 fully saturated rings. The van der Waals surface area contributed by atoms with E-state index in [-0.39, 0.29) is 29.5 Å². The van der Waals surface area contributed by atoms with Crippen LogP contribution in [0.4, 0.5) is 4.39 Å². The Morgan fingerprint density at radius 2 is 1.83 bits per heavy atom. The maximum absolute atomic E-state index is 13.2. The lowest BCUT2D eigenvalue weighted by Crippen LogP contribution is -2.37. The third-order valence-corrected chi connectivity index (χ3v) is 5.26. The van der Waals surface area contributed by atoms with Crippen LogP contribution in [0, 0.1) is 17.7 Å². The molecule has 0 radical (unpaired) electrons. The van der Waals surface area contributed by atoms with Gasteiger partial charge in [0.25, 0.3) is 5.91 Å². The Hall–Kier alpha value is -2.89. The van der Waals surface area contributed by atoms with Crippen molar-refractivity contribution >= 4 is 11.8 Å². The summed E-state index contributed by atoms with van der Waals surface area (Å²) in [6, 6.07) is 13.1. The highest BCUT2D eigenvalue weighted by Crippen LogP contribution is 2.38. The van der Waals surface area contributed by atoms with Crippen molar-refractivity contribution in [2.24, 2.45) is 11.8 Å². The number of carbonyl (C=O) groups excluding carboxylic acids is 2. The SMILES string of the molecule is COc1ccccc1C1CN(C(=O)c2ccc(F)cc2)CC1C(=O)NCC(C)C. The summed E-state index contributed by atoms with van der Waals surface area (Å²) in [6.07, 6.45) is 0. The van der Waals surface area contributed by atoms with Crippen LogP contribution in [0.2, 0.25) is 0 Å². The lowest BCUT2D eigenvalue weighted by molar-refractivity contribution is -0.125. The van der Waals surface area contributed by atoms with Crippen LogP contribution in [-0.2, 0) is 4.79 Å². The normalized spacial score (nSPS) is 18.7. The number of hydrogen-bond acceptors (Lipinski definition) is 3. The van der Waals surface area contributed by atoms with E-state index in [1.807, 2.05) is 38.1 Å². The number of benzene rings is 2. The number of carbonyl (C=O) groups is 2. The molecule has 2 unspecified atom stereocenters. The largest absolute Gasteiger partial charge is 0.496 e. The maximum Gasteiger partial charge on any atom is 0.253 e. The number of methoxy groups -OCH3 is 1. The van der Waals surface area contributed by atoms with Crippen LogP contribution in [-0.4, -0.2) is 43.5 Å². The summed E-state index contributed by atoms with van der Waals surface area (Å²) in [7, 11) is 1.60. The molecule has 1 aliphatic heterocycles. The van der Waals surface area contributed by atoms with E-state index in [9.17, 15) is 14.0 Å². The van der Waals surface area contributed by atoms with Gasteiger partial charge < -0.3 is 15.0 Å². The molecule has 0 aliphatic carbocycles. The van der Waals surface area contributed by atoms with E-state index in [2.05, 4.69) is 5.32 Å². The summed E-state index contributed by atoms with van der Waals surface area (Å²) in [5, 5.41) is 3.00. The Morgan fingerprint density at radius 1 is 1.14 bits per heavy atom. The predicted molar refractivity (Wildman–Crippen MR) is 109 cm³/mol. The van der Waals surface area contributed by atoms with Crippen molar-refractivity contribution in [1.82, 2.24) is 10.2 Å². The number of halogens is 1. The van der Waals surface area contributed by atoms with Crippen LogP contribution in [0.25, 0.3) is 0 Å². The zero-order valence-electron chi connectivity index (χ0n) is 17.0. The van der Waals surface area contributed by atoms with Gasteiger partial charge >= 0.3 is 0 Å². The van der Waals surface area contributed by atoms with Gasteiger partial charge in [0.2, 0.25) is 5.91 Å². The first-order valence-electron chi connectivity index (χ1n) is 9.86. The van der Waals surface area contributed by atoms with E-state index in [0.29, 0.717) is 36.9 Å². The molecule has 2 aromatic carbocycles. The maximum atomic E-state index is 13.2. The van der Waals surface area contributed by atoms with Gasteiger partial charge in [0.15, 0.2) is 0 Å². The third-order valence-electron chi connectivity index (χ3n) is 5.26. The highest BCUT2D eigenvalue weighted by atomic mass is 19.1. The van der Waals surface area contributed by atoms with Gasteiger partial charge in [-0.15, -0.1) is 0 Å². The Balaban J connectivity index is 1.88. The van der Waals surface area contributed by atoms with Gasteiger partial charge in [-0.05, 0) is 41.8 Å². The van der Waals surface area contributed by atoms with Crippen LogP contribution < -0.4 is 10.1 Å². The fraction of sp³-hybridized carbons (Fsp3) is 0.391. The molecule has 29 heavy (non-hydrogen) atoms. The van der Waals surface area contributed by atoms with Crippen LogP contribution in [0.15, 0.2) is 48.5 Å². The third kappa shape index (κ3) is 4.75. The van der Waals surface area contributed by atoms with Crippen LogP contribution >= 0.6 is 0 Å². The van der Waals surface area contributed by atoms with E-state index >= 15 is 0 Å². The molecule has 3 rings (SSSR count). The Kier molecular flexibility index (Phi) is 6.52. The molecule has 1 heterocycles. The molecular formula is C23H27FN2O3. The van der Waals surface area contributed by atoms with Crippen molar-refractivity contribution in [2.75, 3.05) is 26.7 Å². The molecule has 5 nitrogen and oxygen atoms in total. The second kappa shape index (κ2) is 9.07. The van der Waals surface area contributed by atoms with E-state index in [1.165, 1.54) is 24.3 Å². The van der Waals surface area contributed by atoms with Crippen molar-refractivity contribution in [1.29, 1.82) is 0 Å². The summed E-state index contributed by atoms with van der Waals surface area (Å²) in [5.74, 6) is -0.178. The van der Waals surface area contributed by atoms with Crippen molar-refractivity contribution in [3.05, 3.63) is 65.5 Å². The summed E-state index contributed by atoms with van der Waals surface area (Å²) in [5.41, 5.74) is 1.32. The van der Waals surface area contributed by atoms with Crippen molar-refractivity contribution in [2.45, 2.75) is 19.8 Å². The fourth-order valence-electron chi connectivity index (χ4n) is 3.73. The molecule has 1 saturated heterocycles. The molecule has 0 spiro atoms. The van der Waals surface area contributed by atoms with E-state index in [4.69, 9.17) is 4.74 Å². The van der Waals surface area contributed by atoms with Gasteiger partial charge in [0, 0.05) is 31.1 Å². The molecule has 6 heteroatoms. The number of nitrogens with zero attached hydrogens (tertiary/aromatic N) is 1. The molecule has 154 valence electrons. The van der Waals surface area contributed by atoms with Gasteiger partial charge in [-0.1, -0.05) is 32.0 Å². The average Bonchev–Trinajstić information content (AvgIpc) is 3.17. The zero-order chi connectivity index (χ0) is 21.0. The van der Waals surface area contributed by atoms with Crippen molar-refractivity contribution < 1.29 is 18.7 Å². The molecule has 1 N–H and O–H groups in total. The number of amides is 2. The van der Waals surface area contributed by atoms with E-state index < -0.39 is 0 Å². The van der Waals surface area contributed by atoms with Crippen LogP contribution in [0.1, 0.15) is 35.7 Å². The minimum absolute atomic E-state index is 0.0657. The first kappa shape index (κ1) is 20.8. The fourth-order valence-corrected chi connectivity index (χ4v) is 3.73. The number of likely N-dealkylation sites (tertiary alicyclic amines) is 1. The highest BCUT2D eigenvalue weighted by molar-refractivity contribution is 5.95. The van der Waals surface area contributed by atoms with Gasteiger partial charge in [0.1, 0.15) is 11.6 Å². The zero-order valence-corrected chi connectivity index (χ0v) is 17.0. The number of rotatable bonds is 6. The quantitative estimate of drug-likeness (QED) is 0.811. The number of para-hydroxylation sites is 1. The van der Waals surface area contributed by atoms with Crippen LogP contribution in [0.5, 0.6) is 5.75 Å². The van der Waals surface area contributed by atoms with E-state index in [0.717, 1.165) is 5.56 Å². The molecule has 1 aliphatic rings. The topological polar surface area (TPSA) is 58.6 Å². The average molecular weight is 398 g/mol. The molecule has 2 atom stereocenters. The summed E-state index contributed by atoms with van der Waals surface area (Å²) in [4.78, 5) is 27.6. The Labute approximate surface area is 170 Å². The lowest BCUT2D eigenvalue weighted by Gasteiger charge is -2.20. The molecule has 2 aromatic rings. The molecule has 2 amide bonds. The summed E-state index contributed by atoms with van der Waals surface area (Å²) in [6.45, 7) is 5.37. The lowest BCUT2D eigenvalue weighted by atomic mass is 9.87.